The van der Waals surface area contributed by atoms with Crippen molar-refractivity contribution in [3.05, 3.63) is 0 Å². The second-order valence-electron chi connectivity index (χ2n) is 5.82. The Hall–Kier alpha value is 0.230. The van der Waals surface area contributed by atoms with Crippen molar-refractivity contribution in [2.24, 2.45) is 5.73 Å². The molecule has 1 aliphatic carbocycles. The molecule has 0 aromatic carbocycles. The van der Waals surface area contributed by atoms with Gasteiger partial charge in [0.05, 0.1) is 0 Å². The van der Waals surface area contributed by atoms with Crippen LogP contribution in [0.25, 0.3) is 0 Å². The van der Waals surface area contributed by atoms with Gasteiger partial charge in [0, 0.05) is 49.6 Å². The van der Waals surface area contributed by atoms with Crippen molar-refractivity contribution >= 4 is 11.8 Å². The minimum absolute atomic E-state index is 0.306. The summed E-state index contributed by atoms with van der Waals surface area (Å²) in [5.74, 6) is 1.29. The van der Waals surface area contributed by atoms with Crippen LogP contribution in [0.1, 0.15) is 26.2 Å². The Morgan fingerprint density at radius 2 is 1.94 bits per heavy atom. The zero-order valence-corrected chi connectivity index (χ0v) is 11.7. The maximum Gasteiger partial charge on any atom is 0.0456 e. The first kappa shape index (κ1) is 12.3. The third-order valence-corrected chi connectivity index (χ3v) is 6.40. The molecule has 2 saturated heterocycles. The fourth-order valence-electron chi connectivity index (χ4n) is 3.56. The lowest BCUT2D eigenvalue weighted by atomic mass is 9.89. The average Bonchev–Trinajstić information content (AvgIpc) is 3.14. The third-order valence-electron chi connectivity index (χ3n) is 5.02. The van der Waals surface area contributed by atoms with E-state index in [2.05, 4.69) is 28.5 Å². The molecule has 3 nitrogen and oxygen atoms in total. The van der Waals surface area contributed by atoms with Crippen LogP contribution in [0.2, 0.25) is 0 Å². The van der Waals surface area contributed by atoms with E-state index in [0.717, 1.165) is 12.6 Å². The predicted octanol–water partition coefficient (Wildman–Crippen LogP) is 0.989. The standard InChI is InChI=1S/C13H25N3S/c1-11-13(10-14,4-9-17-11)16-7-5-15(6-8-16)12-2-3-12/h11-12H,2-10,14H2,1H3. The van der Waals surface area contributed by atoms with E-state index in [9.17, 15) is 0 Å². The van der Waals surface area contributed by atoms with Gasteiger partial charge in [0.25, 0.3) is 0 Å². The molecule has 17 heavy (non-hydrogen) atoms. The van der Waals surface area contributed by atoms with Gasteiger partial charge >= 0.3 is 0 Å². The molecular weight excluding hydrogens is 230 g/mol. The second kappa shape index (κ2) is 4.72. The summed E-state index contributed by atoms with van der Waals surface area (Å²) in [4.78, 5) is 5.39. The van der Waals surface area contributed by atoms with Crippen LogP contribution < -0.4 is 5.73 Å². The number of hydrogen-bond acceptors (Lipinski definition) is 4. The molecule has 4 heteroatoms. The summed E-state index contributed by atoms with van der Waals surface area (Å²) in [5, 5.41) is 0.708. The molecule has 0 aromatic rings. The molecule has 0 amide bonds. The lowest BCUT2D eigenvalue weighted by Crippen LogP contribution is -2.62. The Morgan fingerprint density at radius 3 is 2.41 bits per heavy atom. The zero-order chi connectivity index (χ0) is 11.9. The SMILES string of the molecule is CC1SCCC1(CN)N1CCN(C2CC2)CC1. The highest BCUT2D eigenvalue weighted by molar-refractivity contribution is 8.00. The molecule has 3 fully saturated rings. The monoisotopic (exact) mass is 255 g/mol. The molecule has 2 aliphatic heterocycles. The fourth-order valence-corrected chi connectivity index (χ4v) is 5.05. The maximum absolute atomic E-state index is 6.13. The van der Waals surface area contributed by atoms with Crippen LogP contribution in [-0.4, -0.2) is 65.1 Å². The number of thioether (sulfide) groups is 1. The van der Waals surface area contributed by atoms with Gasteiger partial charge < -0.3 is 5.73 Å². The minimum atomic E-state index is 0.306. The van der Waals surface area contributed by atoms with Gasteiger partial charge in [0.1, 0.15) is 0 Å². The number of piperazine rings is 1. The average molecular weight is 255 g/mol. The summed E-state index contributed by atoms with van der Waals surface area (Å²) < 4.78 is 0. The van der Waals surface area contributed by atoms with Crippen molar-refractivity contribution < 1.29 is 0 Å². The topological polar surface area (TPSA) is 32.5 Å². The summed E-state index contributed by atoms with van der Waals surface area (Å²) in [7, 11) is 0. The highest BCUT2D eigenvalue weighted by atomic mass is 32.2. The Bertz CT molecular complexity index is 274. The van der Waals surface area contributed by atoms with Crippen molar-refractivity contribution in [1.29, 1.82) is 0 Å². The summed E-state index contributed by atoms with van der Waals surface area (Å²) in [6, 6.07) is 0.932. The molecule has 98 valence electrons. The van der Waals surface area contributed by atoms with Gasteiger partial charge in [0.15, 0.2) is 0 Å². The van der Waals surface area contributed by atoms with Gasteiger partial charge in [-0.3, -0.25) is 9.80 Å². The molecule has 0 spiro atoms. The smallest absolute Gasteiger partial charge is 0.0456 e. The van der Waals surface area contributed by atoms with E-state index < -0.39 is 0 Å². The Kier molecular flexibility index (Phi) is 3.41. The van der Waals surface area contributed by atoms with Gasteiger partial charge in [-0.1, -0.05) is 6.92 Å². The lowest BCUT2D eigenvalue weighted by molar-refractivity contribution is 0.0359. The number of nitrogens with two attached hydrogens (primary N) is 1. The van der Waals surface area contributed by atoms with Crippen molar-refractivity contribution in [3.63, 3.8) is 0 Å². The Balaban J connectivity index is 1.63. The van der Waals surface area contributed by atoms with Gasteiger partial charge in [-0.05, 0) is 25.0 Å². The molecule has 0 bridgehead atoms. The first-order valence-electron chi connectivity index (χ1n) is 7.07. The molecule has 2 atom stereocenters. The van der Waals surface area contributed by atoms with E-state index in [1.165, 1.54) is 51.2 Å². The van der Waals surface area contributed by atoms with E-state index in [-0.39, 0.29) is 0 Å². The van der Waals surface area contributed by atoms with Gasteiger partial charge in [-0.25, -0.2) is 0 Å². The maximum atomic E-state index is 6.13. The second-order valence-corrected chi connectivity index (χ2v) is 7.27. The van der Waals surface area contributed by atoms with Crippen LogP contribution in [0.5, 0.6) is 0 Å². The molecule has 3 rings (SSSR count). The molecule has 1 saturated carbocycles. The first-order valence-corrected chi connectivity index (χ1v) is 8.12. The molecule has 2 N–H and O–H groups in total. The van der Waals surface area contributed by atoms with Crippen molar-refractivity contribution in [1.82, 2.24) is 9.80 Å². The number of rotatable bonds is 3. The zero-order valence-electron chi connectivity index (χ0n) is 10.9. The van der Waals surface area contributed by atoms with Gasteiger partial charge in [0.2, 0.25) is 0 Å². The van der Waals surface area contributed by atoms with Crippen molar-refractivity contribution in [2.75, 3.05) is 38.5 Å². The lowest BCUT2D eigenvalue weighted by Gasteiger charge is -2.47. The summed E-state index contributed by atoms with van der Waals surface area (Å²) in [6.45, 7) is 8.22. The minimum Gasteiger partial charge on any atom is -0.329 e. The number of hydrogen-bond donors (Lipinski definition) is 1. The molecule has 2 unspecified atom stereocenters. The van der Waals surface area contributed by atoms with Crippen LogP contribution in [0.4, 0.5) is 0 Å². The molecule has 2 heterocycles. The van der Waals surface area contributed by atoms with Crippen LogP contribution in [0.15, 0.2) is 0 Å². The van der Waals surface area contributed by atoms with Gasteiger partial charge in [-0.2, -0.15) is 11.8 Å². The summed E-state index contributed by atoms with van der Waals surface area (Å²) in [6.07, 6.45) is 4.17. The highest BCUT2D eigenvalue weighted by Gasteiger charge is 2.46. The highest BCUT2D eigenvalue weighted by Crippen LogP contribution is 2.40. The summed E-state index contributed by atoms with van der Waals surface area (Å²) >= 11 is 2.11. The molecule has 0 radical (unpaired) electrons. The van der Waals surface area contributed by atoms with Crippen LogP contribution >= 0.6 is 11.8 Å². The quantitative estimate of drug-likeness (QED) is 0.815. The van der Waals surface area contributed by atoms with E-state index >= 15 is 0 Å². The largest absolute Gasteiger partial charge is 0.329 e. The predicted molar refractivity (Wildman–Crippen MR) is 74.5 cm³/mol. The van der Waals surface area contributed by atoms with Gasteiger partial charge in [-0.15, -0.1) is 0 Å². The third kappa shape index (κ3) is 2.14. The number of nitrogens with zero attached hydrogens (tertiary/aromatic N) is 2. The molecular formula is C13H25N3S. The van der Waals surface area contributed by atoms with E-state index in [1.807, 2.05) is 0 Å². The van der Waals surface area contributed by atoms with Crippen LogP contribution in [0, 0.1) is 0 Å². The van der Waals surface area contributed by atoms with Crippen LogP contribution in [0.3, 0.4) is 0 Å². The Morgan fingerprint density at radius 1 is 1.24 bits per heavy atom. The summed E-state index contributed by atoms with van der Waals surface area (Å²) in [5.41, 5.74) is 6.43. The van der Waals surface area contributed by atoms with E-state index in [4.69, 9.17) is 5.73 Å². The van der Waals surface area contributed by atoms with Crippen molar-refractivity contribution in [2.45, 2.75) is 43.0 Å². The molecule has 3 aliphatic rings. The van der Waals surface area contributed by atoms with Crippen LogP contribution in [-0.2, 0) is 0 Å². The Labute approximate surface area is 109 Å². The normalized spacial score (nSPS) is 40.9. The van der Waals surface area contributed by atoms with Crippen molar-refractivity contribution in [3.8, 4) is 0 Å². The molecule has 0 aromatic heterocycles. The fraction of sp³-hybridized carbons (Fsp3) is 1.00. The first-order chi connectivity index (χ1) is 8.26. The van der Waals surface area contributed by atoms with E-state index in [0.29, 0.717) is 10.8 Å². The van der Waals surface area contributed by atoms with E-state index in [1.54, 1.807) is 0 Å².